The first-order valence-corrected chi connectivity index (χ1v) is 6.37. The Labute approximate surface area is 113 Å². The Morgan fingerprint density at radius 1 is 1.22 bits per heavy atom. The predicted octanol–water partition coefficient (Wildman–Crippen LogP) is 4.03. The van der Waals surface area contributed by atoms with Gasteiger partial charge in [-0.2, -0.15) is 0 Å². The molecule has 1 aromatic carbocycles. The fourth-order valence-corrected chi connectivity index (χ4v) is 2.51. The molecule has 0 N–H and O–H groups in total. The van der Waals surface area contributed by atoms with E-state index < -0.39 is 27.7 Å². The van der Waals surface area contributed by atoms with Crippen LogP contribution in [0.15, 0.2) is 12.1 Å². The molecule has 1 nitrogen and oxygen atoms in total. The Morgan fingerprint density at radius 3 is 2.28 bits per heavy atom. The molecule has 0 aliphatic heterocycles. The molecule has 0 aliphatic carbocycles. The minimum absolute atomic E-state index is 0.0147. The maximum atomic E-state index is 13.4. The van der Waals surface area contributed by atoms with Gasteiger partial charge in [0.15, 0.2) is 23.2 Å². The second-order valence-electron chi connectivity index (χ2n) is 5.12. The third-order valence-corrected chi connectivity index (χ3v) is 3.28. The molecule has 0 aromatic heterocycles. The summed E-state index contributed by atoms with van der Waals surface area (Å²) in [5, 5.41) is 0. The highest BCUT2D eigenvalue weighted by molar-refractivity contribution is 9.10. The first kappa shape index (κ1) is 15.2. The van der Waals surface area contributed by atoms with Crippen LogP contribution in [0.1, 0.15) is 26.3 Å². The molecule has 1 atom stereocenters. The van der Waals surface area contributed by atoms with Gasteiger partial charge in [-0.05, 0) is 18.1 Å². The molecule has 0 fully saturated rings. The van der Waals surface area contributed by atoms with Gasteiger partial charge in [-0.3, -0.25) is 4.79 Å². The Hall–Kier alpha value is -0.840. The lowest BCUT2D eigenvalue weighted by Crippen LogP contribution is -2.30. The second kappa shape index (κ2) is 5.43. The van der Waals surface area contributed by atoms with Gasteiger partial charge < -0.3 is 0 Å². The van der Waals surface area contributed by atoms with Crippen molar-refractivity contribution in [3.63, 3.8) is 0 Å². The predicted molar refractivity (Wildman–Crippen MR) is 67.2 cm³/mol. The Kier molecular flexibility index (Phi) is 4.59. The van der Waals surface area contributed by atoms with E-state index in [0.29, 0.717) is 0 Å². The van der Waals surface area contributed by atoms with Crippen LogP contribution in [0.3, 0.4) is 0 Å². The van der Waals surface area contributed by atoms with Gasteiger partial charge in [-0.25, -0.2) is 13.2 Å². The molecule has 100 valence electrons. The van der Waals surface area contributed by atoms with Gasteiger partial charge in [0, 0.05) is 5.41 Å². The number of hydrogen-bond donors (Lipinski definition) is 0. The van der Waals surface area contributed by atoms with Crippen molar-refractivity contribution in [1.29, 1.82) is 0 Å². The van der Waals surface area contributed by atoms with Gasteiger partial charge in [-0.1, -0.05) is 42.8 Å². The first-order chi connectivity index (χ1) is 8.14. The average molecular weight is 323 g/mol. The summed E-state index contributed by atoms with van der Waals surface area (Å²) in [4.78, 5) is 11.3. The molecule has 0 bridgehead atoms. The van der Waals surface area contributed by atoms with Gasteiger partial charge in [-0.15, -0.1) is 0 Å². The number of rotatable bonds is 3. The first-order valence-electron chi connectivity index (χ1n) is 5.45. The molecule has 1 rings (SSSR count). The van der Waals surface area contributed by atoms with E-state index in [1.54, 1.807) is 20.8 Å². The fraction of sp³-hybridized carbons (Fsp3) is 0.462. The van der Waals surface area contributed by atoms with Gasteiger partial charge in [0.25, 0.3) is 0 Å². The van der Waals surface area contributed by atoms with Crippen LogP contribution in [0.25, 0.3) is 0 Å². The van der Waals surface area contributed by atoms with Crippen molar-refractivity contribution in [2.45, 2.75) is 32.0 Å². The number of carbonyl (C=O) groups is 1. The summed E-state index contributed by atoms with van der Waals surface area (Å²) in [6.45, 7) is 5.22. The molecule has 0 amide bonds. The zero-order chi connectivity index (χ0) is 14.1. The van der Waals surface area contributed by atoms with Crippen molar-refractivity contribution in [2.75, 3.05) is 0 Å². The lowest BCUT2D eigenvalue weighted by atomic mass is 9.87. The van der Waals surface area contributed by atoms with Crippen LogP contribution in [0, 0.1) is 22.9 Å². The van der Waals surface area contributed by atoms with Crippen molar-refractivity contribution in [3.05, 3.63) is 35.1 Å². The number of ketones is 1. The summed E-state index contributed by atoms with van der Waals surface area (Å²) < 4.78 is 39.2. The number of halogens is 4. The van der Waals surface area contributed by atoms with Crippen LogP contribution < -0.4 is 0 Å². The van der Waals surface area contributed by atoms with Crippen LogP contribution >= 0.6 is 15.9 Å². The van der Waals surface area contributed by atoms with E-state index in [0.717, 1.165) is 12.1 Å². The zero-order valence-corrected chi connectivity index (χ0v) is 11.9. The van der Waals surface area contributed by atoms with E-state index in [4.69, 9.17) is 0 Å². The normalized spacial score (nSPS) is 13.5. The standard InChI is InChI=1S/C13H14BrF3O/c1-13(2,3)12(18)8(14)6-7-4-5-9(15)11(17)10(7)16/h4-5,8H,6H2,1-3H3. The number of carbonyl (C=O) groups excluding carboxylic acids is 1. The lowest BCUT2D eigenvalue weighted by Gasteiger charge is -2.20. The van der Waals surface area contributed by atoms with Gasteiger partial charge in [0.2, 0.25) is 0 Å². The molecule has 0 heterocycles. The van der Waals surface area contributed by atoms with Crippen molar-refractivity contribution in [1.82, 2.24) is 0 Å². The lowest BCUT2D eigenvalue weighted by molar-refractivity contribution is -0.125. The Morgan fingerprint density at radius 2 is 1.78 bits per heavy atom. The van der Waals surface area contributed by atoms with Crippen molar-refractivity contribution in [2.24, 2.45) is 5.41 Å². The van der Waals surface area contributed by atoms with Gasteiger partial charge in [0.1, 0.15) is 0 Å². The van der Waals surface area contributed by atoms with Crippen molar-refractivity contribution >= 4 is 21.7 Å². The maximum Gasteiger partial charge on any atom is 0.194 e. The third-order valence-electron chi connectivity index (χ3n) is 2.54. The van der Waals surface area contributed by atoms with Crippen LogP contribution in [-0.2, 0) is 11.2 Å². The smallest absolute Gasteiger partial charge is 0.194 e. The summed E-state index contributed by atoms with van der Waals surface area (Å²) in [5.41, 5.74) is -0.600. The SMILES string of the molecule is CC(C)(C)C(=O)C(Br)Cc1ccc(F)c(F)c1F. The largest absolute Gasteiger partial charge is 0.298 e. The van der Waals surface area contributed by atoms with Crippen LogP contribution in [0.5, 0.6) is 0 Å². The topological polar surface area (TPSA) is 17.1 Å². The summed E-state index contributed by atoms with van der Waals surface area (Å²) in [6, 6.07) is 2.01. The molecule has 0 aliphatic rings. The zero-order valence-electron chi connectivity index (χ0n) is 10.4. The van der Waals surface area contributed by atoms with E-state index in [1.807, 2.05) is 0 Å². The number of alkyl halides is 1. The van der Waals surface area contributed by atoms with Crippen molar-refractivity contribution < 1.29 is 18.0 Å². The van der Waals surface area contributed by atoms with Crippen LogP contribution in [-0.4, -0.2) is 10.6 Å². The summed E-state index contributed by atoms with van der Waals surface area (Å²) in [6.07, 6.45) is -0.0147. The van der Waals surface area contributed by atoms with Crippen LogP contribution in [0.2, 0.25) is 0 Å². The molecular weight excluding hydrogens is 309 g/mol. The Bertz CT molecular complexity index is 466. The van der Waals surface area contributed by atoms with E-state index in [2.05, 4.69) is 15.9 Å². The van der Waals surface area contributed by atoms with Crippen molar-refractivity contribution in [3.8, 4) is 0 Å². The highest BCUT2D eigenvalue weighted by atomic mass is 79.9. The molecule has 0 saturated heterocycles. The average Bonchev–Trinajstić information content (AvgIpc) is 2.27. The summed E-state index contributed by atoms with van der Waals surface area (Å²) in [5.74, 6) is -4.09. The molecule has 0 saturated carbocycles. The van der Waals surface area contributed by atoms with E-state index >= 15 is 0 Å². The van der Waals surface area contributed by atoms with E-state index in [9.17, 15) is 18.0 Å². The summed E-state index contributed by atoms with van der Waals surface area (Å²) in [7, 11) is 0. The number of benzene rings is 1. The highest BCUT2D eigenvalue weighted by Crippen LogP contribution is 2.25. The third kappa shape index (κ3) is 3.34. The maximum absolute atomic E-state index is 13.4. The fourth-order valence-electron chi connectivity index (χ4n) is 1.48. The number of hydrogen-bond acceptors (Lipinski definition) is 1. The molecule has 5 heteroatoms. The van der Waals surface area contributed by atoms with E-state index in [1.165, 1.54) is 0 Å². The molecule has 0 spiro atoms. The summed E-state index contributed by atoms with van der Waals surface area (Å²) >= 11 is 3.16. The number of Topliss-reactive ketones (excluding diaryl/α,β-unsaturated/α-hetero) is 1. The highest BCUT2D eigenvalue weighted by Gasteiger charge is 2.29. The molecule has 18 heavy (non-hydrogen) atoms. The van der Waals surface area contributed by atoms with Gasteiger partial charge in [0.05, 0.1) is 4.83 Å². The van der Waals surface area contributed by atoms with Crippen LogP contribution in [0.4, 0.5) is 13.2 Å². The Balaban J connectivity index is 2.93. The minimum atomic E-state index is -1.50. The van der Waals surface area contributed by atoms with Gasteiger partial charge >= 0.3 is 0 Å². The molecule has 1 aromatic rings. The van der Waals surface area contributed by atoms with E-state index in [-0.39, 0.29) is 17.8 Å². The molecule has 0 radical (unpaired) electrons. The minimum Gasteiger partial charge on any atom is -0.298 e. The molecule has 1 unspecified atom stereocenters. The quantitative estimate of drug-likeness (QED) is 0.606. The molecular formula is C13H14BrF3O. The monoisotopic (exact) mass is 322 g/mol. The second-order valence-corrected chi connectivity index (χ2v) is 6.23.